The molecule has 0 saturated carbocycles. The lowest BCUT2D eigenvalue weighted by Crippen LogP contribution is -2.25. The van der Waals surface area contributed by atoms with Crippen molar-refractivity contribution in [1.29, 1.82) is 0 Å². The molecule has 2 N–H and O–H groups in total. The molecule has 0 bridgehead atoms. The first-order valence-corrected chi connectivity index (χ1v) is 11.1. The van der Waals surface area contributed by atoms with Gasteiger partial charge >= 0.3 is 0 Å². The fourth-order valence-corrected chi connectivity index (χ4v) is 3.83. The quantitative estimate of drug-likeness (QED) is 0.352. The number of hydrogen-bond acceptors (Lipinski definition) is 5. The van der Waals surface area contributed by atoms with Crippen LogP contribution >= 0.6 is 0 Å². The molecule has 5 aromatic rings. The van der Waals surface area contributed by atoms with Crippen molar-refractivity contribution in [3.63, 3.8) is 0 Å². The topological polar surface area (TPSA) is 92.9 Å². The van der Waals surface area contributed by atoms with E-state index in [9.17, 15) is 9.90 Å². The smallest absolute Gasteiger partial charge is 0.251 e. The van der Waals surface area contributed by atoms with E-state index < -0.39 is 0 Å². The molecule has 0 spiro atoms. The van der Waals surface area contributed by atoms with Gasteiger partial charge in [-0.15, -0.1) is 0 Å². The van der Waals surface area contributed by atoms with Crippen molar-refractivity contribution >= 4 is 16.9 Å². The molecule has 5 rings (SSSR count). The number of aryl methyl sites for hydroxylation is 1. The SMILES string of the molecule is O=C(NCCCn1ccnc1)c1ccc2nc(-c3ccccc3)c(-c3cccc(O)c3)nc2c1. The van der Waals surface area contributed by atoms with Crippen LogP contribution in [0.15, 0.2) is 91.5 Å². The molecule has 0 fully saturated rings. The van der Waals surface area contributed by atoms with E-state index in [1.165, 1.54) is 0 Å². The Balaban J connectivity index is 1.45. The van der Waals surface area contributed by atoms with Crippen molar-refractivity contribution in [3.05, 3.63) is 97.1 Å². The van der Waals surface area contributed by atoms with Crippen molar-refractivity contribution in [2.45, 2.75) is 13.0 Å². The van der Waals surface area contributed by atoms with Gasteiger partial charge in [0.2, 0.25) is 0 Å². The molecule has 0 atom stereocenters. The summed E-state index contributed by atoms with van der Waals surface area (Å²) in [5.41, 5.74) is 4.88. The molecule has 0 aliphatic heterocycles. The third kappa shape index (κ3) is 4.63. The zero-order chi connectivity index (χ0) is 23.3. The van der Waals surface area contributed by atoms with E-state index in [0.29, 0.717) is 28.8 Å². The third-order valence-corrected chi connectivity index (χ3v) is 5.53. The number of carbonyl (C=O) groups is 1. The fourth-order valence-electron chi connectivity index (χ4n) is 3.83. The van der Waals surface area contributed by atoms with Crippen LogP contribution < -0.4 is 5.32 Å². The summed E-state index contributed by atoms with van der Waals surface area (Å²) < 4.78 is 1.98. The van der Waals surface area contributed by atoms with E-state index in [1.807, 2.05) is 53.2 Å². The van der Waals surface area contributed by atoms with Crippen LogP contribution in [0.4, 0.5) is 0 Å². The molecular formula is C27H23N5O2. The molecular weight excluding hydrogens is 426 g/mol. The number of amides is 1. The van der Waals surface area contributed by atoms with Gasteiger partial charge in [0.05, 0.1) is 28.7 Å². The molecule has 0 aliphatic carbocycles. The minimum atomic E-state index is -0.152. The molecule has 2 aromatic heterocycles. The van der Waals surface area contributed by atoms with Gasteiger partial charge in [0.1, 0.15) is 5.75 Å². The van der Waals surface area contributed by atoms with Crippen molar-refractivity contribution in [3.8, 4) is 28.3 Å². The molecule has 0 aliphatic rings. The zero-order valence-electron chi connectivity index (χ0n) is 18.4. The van der Waals surface area contributed by atoms with E-state index in [2.05, 4.69) is 10.3 Å². The molecule has 34 heavy (non-hydrogen) atoms. The lowest BCUT2D eigenvalue weighted by molar-refractivity contribution is 0.0953. The zero-order valence-corrected chi connectivity index (χ0v) is 18.4. The van der Waals surface area contributed by atoms with Crippen LogP contribution in [0.2, 0.25) is 0 Å². The summed E-state index contributed by atoms with van der Waals surface area (Å²) in [6.07, 6.45) is 6.20. The number of phenolic OH excluding ortho intramolecular Hbond substituents is 1. The highest BCUT2D eigenvalue weighted by molar-refractivity contribution is 5.98. The second kappa shape index (κ2) is 9.54. The molecule has 3 aromatic carbocycles. The van der Waals surface area contributed by atoms with Crippen LogP contribution in [0.1, 0.15) is 16.8 Å². The normalized spacial score (nSPS) is 10.9. The Bertz CT molecular complexity index is 1430. The van der Waals surface area contributed by atoms with E-state index in [4.69, 9.17) is 9.97 Å². The fraction of sp³-hybridized carbons (Fsp3) is 0.111. The molecule has 0 unspecified atom stereocenters. The Morgan fingerprint density at radius 3 is 2.47 bits per heavy atom. The predicted molar refractivity (Wildman–Crippen MR) is 131 cm³/mol. The number of rotatable bonds is 7. The van der Waals surface area contributed by atoms with Gasteiger partial charge in [0.15, 0.2) is 0 Å². The lowest BCUT2D eigenvalue weighted by atomic mass is 10.0. The number of benzene rings is 3. The van der Waals surface area contributed by atoms with Gasteiger partial charge in [-0.2, -0.15) is 0 Å². The maximum atomic E-state index is 12.7. The highest BCUT2D eigenvalue weighted by Gasteiger charge is 2.15. The molecule has 2 heterocycles. The maximum absolute atomic E-state index is 12.7. The number of phenols is 1. The van der Waals surface area contributed by atoms with Gasteiger partial charge in [-0.25, -0.2) is 15.0 Å². The van der Waals surface area contributed by atoms with Crippen LogP contribution in [0, 0.1) is 0 Å². The van der Waals surface area contributed by atoms with E-state index in [0.717, 1.165) is 29.8 Å². The first-order valence-electron chi connectivity index (χ1n) is 11.1. The number of carbonyl (C=O) groups excluding carboxylic acids is 1. The monoisotopic (exact) mass is 449 g/mol. The highest BCUT2D eigenvalue weighted by atomic mass is 16.3. The van der Waals surface area contributed by atoms with Gasteiger partial charge < -0.3 is 15.0 Å². The van der Waals surface area contributed by atoms with E-state index in [-0.39, 0.29) is 11.7 Å². The molecule has 168 valence electrons. The first kappa shape index (κ1) is 21.3. The molecule has 1 amide bonds. The first-order chi connectivity index (χ1) is 16.7. The number of aromatic hydroxyl groups is 1. The van der Waals surface area contributed by atoms with Crippen LogP contribution in [-0.2, 0) is 6.54 Å². The average Bonchev–Trinajstić information content (AvgIpc) is 3.39. The Kier molecular flexibility index (Phi) is 5.99. The third-order valence-electron chi connectivity index (χ3n) is 5.53. The summed E-state index contributed by atoms with van der Waals surface area (Å²) in [5, 5.41) is 13.0. The van der Waals surface area contributed by atoms with Crippen molar-refractivity contribution in [1.82, 2.24) is 24.8 Å². The van der Waals surface area contributed by atoms with Crippen LogP contribution in [0.5, 0.6) is 5.75 Å². The largest absolute Gasteiger partial charge is 0.508 e. The van der Waals surface area contributed by atoms with E-state index >= 15 is 0 Å². The summed E-state index contributed by atoms with van der Waals surface area (Å²) in [5.74, 6) is 0.00241. The van der Waals surface area contributed by atoms with E-state index in [1.54, 1.807) is 42.9 Å². The molecule has 7 nitrogen and oxygen atoms in total. The number of imidazole rings is 1. The molecule has 7 heteroatoms. The molecule has 0 saturated heterocycles. The second-order valence-electron chi connectivity index (χ2n) is 7.95. The summed E-state index contributed by atoms with van der Waals surface area (Å²) in [7, 11) is 0. The van der Waals surface area contributed by atoms with Gasteiger partial charge in [-0.3, -0.25) is 4.79 Å². The van der Waals surface area contributed by atoms with Crippen LogP contribution in [-0.4, -0.2) is 37.1 Å². The number of nitrogens with zero attached hydrogens (tertiary/aromatic N) is 4. The van der Waals surface area contributed by atoms with Gasteiger partial charge in [0, 0.05) is 42.2 Å². The Labute approximate surface area is 196 Å². The second-order valence-corrected chi connectivity index (χ2v) is 7.95. The van der Waals surface area contributed by atoms with Crippen LogP contribution in [0.3, 0.4) is 0 Å². The van der Waals surface area contributed by atoms with Crippen molar-refractivity contribution in [2.75, 3.05) is 6.54 Å². The summed E-state index contributed by atoms with van der Waals surface area (Å²) in [6, 6.07) is 22.1. The molecule has 0 radical (unpaired) electrons. The lowest BCUT2D eigenvalue weighted by Gasteiger charge is -2.12. The Morgan fingerprint density at radius 2 is 1.68 bits per heavy atom. The van der Waals surface area contributed by atoms with Crippen molar-refractivity contribution < 1.29 is 9.90 Å². The van der Waals surface area contributed by atoms with Gasteiger partial charge in [0.25, 0.3) is 5.91 Å². The Hall–Kier alpha value is -4.52. The van der Waals surface area contributed by atoms with Gasteiger partial charge in [-0.1, -0.05) is 42.5 Å². The summed E-state index contributed by atoms with van der Waals surface area (Å²) >= 11 is 0. The highest BCUT2D eigenvalue weighted by Crippen LogP contribution is 2.32. The number of nitrogens with one attached hydrogen (secondary N) is 1. The van der Waals surface area contributed by atoms with Crippen molar-refractivity contribution in [2.24, 2.45) is 0 Å². The Morgan fingerprint density at radius 1 is 0.882 bits per heavy atom. The maximum Gasteiger partial charge on any atom is 0.251 e. The minimum Gasteiger partial charge on any atom is -0.508 e. The summed E-state index contributed by atoms with van der Waals surface area (Å²) in [6.45, 7) is 1.35. The van der Waals surface area contributed by atoms with Gasteiger partial charge in [-0.05, 0) is 36.8 Å². The number of hydrogen-bond donors (Lipinski definition) is 2. The number of fused-ring (bicyclic) bond motifs is 1. The van der Waals surface area contributed by atoms with Crippen LogP contribution in [0.25, 0.3) is 33.5 Å². The summed E-state index contributed by atoms with van der Waals surface area (Å²) in [4.78, 5) is 26.5. The average molecular weight is 450 g/mol. The minimum absolute atomic E-state index is 0.152. The standard InChI is InChI=1S/C27H23N5O2/c33-22-9-4-8-20(16-22)26-25(19-6-2-1-3-7-19)30-23-11-10-21(17-24(23)31-26)27(34)29-12-5-14-32-15-13-28-18-32/h1-4,6-11,13,15-18,33H,5,12,14H2,(H,29,34). The predicted octanol–water partition coefficient (Wildman–Crippen LogP) is 4.69. The number of aromatic nitrogens is 4.